The first-order valence-corrected chi connectivity index (χ1v) is 6.69. The van der Waals surface area contributed by atoms with Gasteiger partial charge in [0.2, 0.25) is 0 Å². The maximum atomic E-state index is 11.8. The van der Waals surface area contributed by atoms with Gasteiger partial charge in [0.15, 0.2) is 0 Å². The van der Waals surface area contributed by atoms with Crippen molar-refractivity contribution in [3.8, 4) is 0 Å². The Kier molecular flexibility index (Phi) is 5.39. The SMILES string of the molecule is CC(C)Cc1ccc([C@@H](C)C(=O)OC(C)C)cc1. The highest BCUT2D eigenvalue weighted by molar-refractivity contribution is 5.77. The lowest BCUT2D eigenvalue weighted by Gasteiger charge is -2.14. The summed E-state index contributed by atoms with van der Waals surface area (Å²) in [4.78, 5) is 11.8. The van der Waals surface area contributed by atoms with Crippen LogP contribution in [0.5, 0.6) is 0 Å². The van der Waals surface area contributed by atoms with E-state index in [1.807, 2.05) is 32.9 Å². The average Bonchev–Trinajstić information content (AvgIpc) is 2.27. The van der Waals surface area contributed by atoms with Crippen LogP contribution < -0.4 is 0 Å². The molecule has 0 spiro atoms. The molecule has 1 aromatic rings. The van der Waals surface area contributed by atoms with Crippen LogP contribution in [0, 0.1) is 5.92 Å². The minimum atomic E-state index is -0.194. The van der Waals surface area contributed by atoms with Crippen LogP contribution >= 0.6 is 0 Å². The molecular formula is C16H24O2. The van der Waals surface area contributed by atoms with E-state index in [-0.39, 0.29) is 18.0 Å². The van der Waals surface area contributed by atoms with Crippen molar-refractivity contribution in [3.05, 3.63) is 35.4 Å². The highest BCUT2D eigenvalue weighted by Crippen LogP contribution is 2.19. The monoisotopic (exact) mass is 248 g/mol. The van der Waals surface area contributed by atoms with Gasteiger partial charge in [-0.2, -0.15) is 0 Å². The van der Waals surface area contributed by atoms with Gasteiger partial charge in [0.05, 0.1) is 12.0 Å². The summed E-state index contributed by atoms with van der Waals surface area (Å²) in [5.41, 5.74) is 2.34. The van der Waals surface area contributed by atoms with E-state index in [1.165, 1.54) is 5.56 Å². The number of carbonyl (C=O) groups excluding carboxylic acids is 1. The topological polar surface area (TPSA) is 26.3 Å². The van der Waals surface area contributed by atoms with Crippen LogP contribution in [0.25, 0.3) is 0 Å². The van der Waals surface area contributed by atoms with Gasteiger partial charge in [-0.3, -0.25) is 4.79 Å². The zero-order chi connectivity index (χ0) is 13.7. The van der Waals surface area contributed by atoms with E-state index in [9.17, 15) is 4.79 Å². The minimum absolute atomic E-state index is 0.0554. The fraction of sp³-hybridized carbons (Fsp3) is 0.562. The summed E-state index contributed by atoms with van der Waals surface area (Å²) in [6, 6.07) is 8.27. The summed E-state index contributed by atoms with van der Waals surface area (Å²) in [5.74, 6) is 0.307. The Labute approximate surface area is 110 Å². The molecule has 0 aliphatic rings. The van der Waals surface area contributed by atoms with Crippen molar-refractivity contribution in [2.45, 2.75) is 53.1 Å². The van der Waals surface area contributed by atoms with Crippen LogP contribution in [0.15, 0.2) is 24.3 Å². The van der Waals surface area contributed by atoms with E-state index in [2.05, 4.69) is 26.0 Å². The molecule has 0 amide bonds. The largest absolute Gasteiger partial charge is 0.463 e. The van der Waals surface area contributed by atoms with Crippen molar-refractivity contribution < 1.29 is 9.53 Å². The smallest absolute Gasteiger partial charge is 0.313 e. The van der Waals surface area contributed by atoms with Crippen molar-refractivity contribution >= 4 is 5.97 Å². The Morgan fingerprint density at radius 3 is 2.06 bits per heavy atom. The second-order valence-electron chi connectivity index (χ2n) is 5.55. The van der Waals surface area contributed by atoms with E-state index in [1.54, 1.807) is 0 Å². The van der Waals surface area contributed by atoms with Crippen LogP contribution in [-0.4, -0.2) is 12.1 Å². The Bertz CT molecular complexity index is 377. The van der Waals surface area contributed by atoms with Gasteiger partial charge in [0.25, 0.3) is 0 Å². The van der Waals surface area contributed by atoms with E-state index in [0.717, 1.165) is 12.0 Å². The predicted octanol–water partition coefficient (Wildman–Crippen LogP) is 3.94. The number of rotatable bonds is 5. The fourth-order valence-corrected chi connectivity index (χ4v) is 1.88. The Hall–Kier alpha value is -1.31. The third-order valence-corrected chi connectivity index (χ3v) is 2.83. The van der Waals surface area contributed by atoms with E-state index in [0.29, 0.717) is 5.92 Å². The lowest BCUT2D eigenvalue weighted by Crippen LogP contribution is -2.17. The van der Waals surface area contributed by atoms with E-state index in [4.69, 9.17) is 4.74 Å². The number of esters is 1. The normalized spacial score (nSPS) is 12.8. The molecule has 0 saturated carbocycles. The zero-order valence-electron chi connectivity index (χ0n) is 12.1. The molecule has 0 aromatic heterocycles. The third-order valence-electron chi connectivity index (χ3n) is 2.83. The fourth-order valence-electron chi connectivity index (χ4n) is 1.88. The molecule has 0 saturated heterocycles. The van der Waals surface area contributed by atoms with Gasteiger partial charge in [-0.15, -0.1) is 0 Å². The quantitative estimate of drug-likeness (QED) is 0.738. The van der Waals surface area contributed by atoms with Gasteiger partial charge in [-0.25, -0.2) is 0 Å². The van der Waals surface area contributed by atoms with Crippen LogP contribution in [-0.2, 0) is 16.0 Å². The van der Waals surface area contributed by atoms with Crippen molar-refractivity contribution in [2.24, 2.45) is 5.92 Å². The Morgan fingerprint density at radius 2 is 1.61 bits per heavy atom. The van der Waals surface area contributed by atoms with Crippen LogP contribution in [0.4, 0.5) is 0 Å². The minimum Gasteiger partial charge on any atom is -0.463 e. The summed E-state index contributed by atoms with van der Waals surface area (Å²) in [6.07, 6.45) is 1.02. The van der Waals surface area contributed by atoms with Crippen LogP contribution in [0.3, 0.4) is 0 Å². The summed E-state index contributed by atoms with van der Waals surface area (Å²) >= 11 is 0. The molecule has 100 valence electrons. The maximum Gasteiger partial charge on any atom is 0.313 e. The molecule has 0 fully saturated rings. The average molecular weight is 248 g/mol. The molecule has 0 N–H and O–H groups in total. The molecule has 0 bridgehead atoms. The number of ether oxygens (including phenoxy) is 1. The second kappa shape index (κ2) is 6.58. The number of carbonyl (C=O) groups is 1. The molecular weight excluding hydrogens is 224 g/mol. The zero-order valence-corrected chi connectivity index (χ0v) is 12.1. The second-order valence-corrected chi connectivity index (χ2v) is 5.55. The summed E-state index contributed by atoms with van der Waals surface area (Å²) in [7, 11) is 0. The van der Waals surface area contributed by atoms with Gasteiger partial charge in [-0.1, -0.05) is 38.1 Å². The predicted molar refractivity (Wildman–Crippen MR) is 74.6 cm³/mol. The third kappa shape index (κ3) is 4.52. The molecule has 0 unspecified atom stereocenters. The lowest BCUT2D eigenvalue weighted by atomic mass is 9.97. The highest BCUT2D eigenvalue weighted by Gasteiger charge is 2.17. The van der Waals surface area contributed by atoms with Crippen molar-refractivity contribution in [2.75, 3.05) is 0 Å². The van der Waals surface area contributed by atoms with Crippen LogP contribution in [0.1, 0.15) is 51.7 Å². The first-order chi connectivity index (χ1) is 8.40. The van der Waals surface area contributed by atoms with Gasteiger partial charge in [0.1, 0.15) is 0 Å². The number of hydrogen-bond donors (Lipinski definition) is 0. The van der Waals surface area contributed by atoms with Crippen LogP contribution in [0.2, 0.25) is 0 Å². The molecule has 0 radical (unpaired) electrons. The van der Waals surface area contributed by atoms with Gasteiger partial charge >= 0.3 is 5.97 Å². The standard InChI is InChI=1S/C16H24O2/c1-11(2)10-14-6-8-15(9-7-14)13(5)16(17)18-12(3)4/h6-9,11-13H,10H2,1-5H3/t13-/m1/s1. The van der Waals surface area contributed by atoms with Gasteiger partial charge in [-0.05, 0) is 44.2 Å². The summed E-state index contributed by atoms with van der Waals surface area (Å²) in [6.45, 7) is 10.0. The lowest BCUT2D eigenvalue weighted by molar-refractivity contribution is -0.148. The Balaban J connectivity index is 2.69. The molecule has 0 aliphatic carbocycles. The molecule has 2 nitrogen and oxygen atoms in total. The first kappa shape index (κ1) is 14.7. The maximum absolute atomic E-state index is 11.8. The molecule has 0 aliphatic heterocycles. The molecule has 2 heteroatoms. The highest BCUT2D eigenvalue weighted by atomic mass is 16.5. The number of benzene rings is 1. The summed E-state index contributed by atoms with van der Waals surface area (Å²) in [5, 5.41) is 0. The van der Waals surface area contributed by atoms with Gasteiger partial charge < -0.3 is 4.74 Å². The Morgan fingerprint density at radius 1 is 1.06 bits per heavy atom. The van der Waals surface area contributed by atoms with Crippen molar-refractivity contribution in [1.82, 2.24) is 0 Å². The van der Waals surface area contributed by atoms with Crippen molar-refractivity contribution in [1.29, 1.82) is 0 Å². The van der Waals surface area contributed by atoms with E-state index >= 15 is 0 Å². The summed E-state index contributed by atoms with van der Waals surface area (Å²) < 4.78 is 5.22. The van der Waals surface area contributed by atoms with Gasteiger partial charge in [0, 0.05) is 0 Å². The molecule has 0 heterocycles. The first-order valence-electron chi connectivity index (χ1n) is 6.69. The van der Waals surface area contributed by atoms with E-state index < -0.39 is 0 Å². The molecule has 1 aromatic carbocycles. The molecule has 18 heavy (non-hydrogen) atoms. The molecule has 1 atom stereocenters. The molecule has 1 rings (SSSR count). The van der Waals surface area contributed by atoms with Crippen molar-refractivity contribution in [3.63, 3.8) is 0 Å². The number of hydrogen-bond acceptors (Lipinski definition) is 2.